The summed E-state index contributed by atoms with van der Waals surface area (Å²) in [5, 5.41) is 5.19. The van der Waals surface area contributed by atoms with Crippen molar-refractivity contribution in [1.82, 2.24) is 10.6 Å². The van der Waals surface area contributed by atoms with Crippen molar-refractivity contribution in [2.75, 3.05) is 38.8 Å². The van der Waals surface area contributed by atoms with E-state index >= 15 is 0 Å². The molecule has 0 saturated carbocycles. The molecule has 0 saturated heterocycles. The molecule has 8 heteroatoms. The molecule has 3 rings (SSSR count). The molecule has 150 valence electrons. The molecule has 1 atom stereocenters. The summed E-state index contributed by atoms with van der Waals surface area (Å²) >= 11 is 0. The highest BCUT2D eigenvalue weighted by Crippen LogP contribution is 2.34. The van der Waals surface area contributed by atoms with Gasteiger partial charge in [0.05, 0.1) is 12.8 Å². The first-order valence-corrected chi connectivity index (χ1v) is 9.13. The molecule has 2 amide bonds. The van der Waals surface area contributed by atoms with Crippen LogP contribution in [-0.2, 0) is 25.5 Å². The molecule has 28 heavy (non-hydrogen) atoms. The second kappa shape index (κ2) is 9.38. The van der Waals surface area contributed by atoms with E-state index in [4.69, 9.17) is 13.9 Å². The van der Waals surface area contributed by atoms with Gasteiger partial charge in [0.15, 0.2) is 6.29 Å². The second-order valence-electron chi connectivity index (χ2n) is 6.42. The zero-order valence-corrected chi connectivity index (χ0v) is 16.0. The maximum atomic E-state index is 12.2. The number of carbonyl (C=O) groups excluding carboxylic acids is 2. The van der Waals surface area contributed by atoms with Gasteiger partial charge >= 0.3 is 11.8 Å². The van der Waals surface area contributed by atoms with E-state index in [-0.39, 0.29) is 19.1 Å². The Hall–Kier alpha value is -2.84. The number of amides is 2. The van der Waals surface area contributed by atoms with Crippen LogP contribution in [-0.4, -0.2) is 52.0 Å². The van der Waals surface area contributed by atoms with Crippen LogP contribution in [0.15, 0.2) is 47.1 Å². The molecule has 0 spiro atoms. The Bertz CT molecular complexity index is 789. The van der Waals surface area contributed by atoms with Gasteiger partial charge < -0.3 is 29.4 Å². The van der Waals surface area contributed by atoms with Crippen molar-refractivity contribution >= 4 is 17.5 Å². The lowest BCUT2D eigenvalue weighted by Crippen LogP contribution is -2.46. The number of ether oxygens (including phenoxy) is 2. The fourth-order valence-corrected chi connectivity index (χ4v) is 3.32. The summed E-state index contributed by atoms with van der Waals surface area (Å²) in [7, 11) is 2.92. The van der Waals surface area contributed by atoms with Crippen LogP contribution >= 0.6 is 0 Å². The highest BCUT2D eigenvalue weighted by atomic mass is 16.7. The van der Waals surface area contributed by atoms with Crippen LogP contribution in [0.4, 0.5) is 5.69 Å². The molecule has 1 aliphatic heterocycles. The van der Waals surface area contributed by atoms with E-state index < -0.39 is 18.1 Å². The van der Waals surface area contributed by atoms with Gasteiger partial charge in [-0.1, -0.05) is 18.2 Å². The van der Waals surface area contributed by atoms with Gasteiger partial charge in [-0.25, -0.2) is 0 Å². The third-order valence-corrected chi connectivity index (χ3v) is 4.79. The lowest BCUT2D eigenvalue weighted by atomic mass is 10.1. The molecule has 0 aliphatic carbocycles. The highest BCUT2D eigenvalue weighted by molar-refractivity contribution is 6.35. The Kier molecular flexibility index (Phi) is 6.67. The molecule has 2 aromatic rings. The summed E-state index contributed by atoms with van der Waals surface area (Å²) in [4.78, 5) is 26.4. The SMILES string of the molecule is COC(CNC(=O)C(=O)NCC(c1ccco1)N1CCc2ccccc21)OC. The second-order valence-corrected chi connectivity index (χ2v) is 6.42. The minimum absolute atomic E-state index is 0.0837. The fraction of sp³-hybridized carbons (Fsp3) is 0.400. The van der Waals surface area contributed by atoms with E-state index in [2.05, 4.69) is 27.7 Å². The normalized spacial score (nSPS) is 14.0. The van der Waals surface area contributed by atoms with Crippen LogP contribution < -0.4 is 15.5 Å². The third-order valence-electron chi connectivity index (χ3n) is 4.79. The highest BCUT2D eigenvalue weighted by Gasteiger charge is 2.29. The molecule has 1 aromatic heterocycles. The molecular weight excluding hydrogens is 362 g/mol. The van der Waals surface area contributed by atoms with Crippen molar-refractivity contribution in [3.63, 3.8) is 0 Å². The molecule has 1 aliphatic rings. The zero-order chi connectivity index (χ0) is 19.9. The first kappa shape index (κ1) is 19.9. The number of anilines is 1. The minimum atomic E-state index is -0.737. The number of hydrogen-bond acceptors (Lipinski definition) is 6. The Balaban J connectivity index is 1.64. The van der Waals surface area contributed by atoms with Crippen molar-refractivity contribution in [2.24, 2.45) is 0 Å². The predicted molar refractivity (Wildman–Crippen MR) is 103 cm³/mol. The Morgan fingerprint density at radius 3 is 2.46 bits per heavy atom. The largest absolute Gasteiger partial charge is 0.467 e. The van der Waals surface area contributed by atoms with Gasteiger partial charge in [0.25, 0.3) is 0 Å². The number of furan rings is 1. The van der Waals surface area contributed by atoms with Crippen LogP contribution in [0.1, 0.15) is 17.4 Å². The lowest BCUT2D eigenvalue weighted by Gasteiger charge is -2.29. The molecule has 2 N–H and O–H groups in total. The minimum Gasteiger partial charge on any atom is -0.467 e. The maximum Gasteiger partial charge on any atom is 0.309 e. The number of hydrogen-bond donors (Lipinski definition) is 2. The molecular formula is C20H25N3O5. The Morgan fingerprint density at radius 2 is 1.79 bits per heavy atom. The quantitative estimate of drug-likeness (QED) is 0.523. The van der Waals surface area contributed by atoms with Crippen molar-refractivity contribution in [3.05, 3.63) is 54.0 Å². The monoisotopic (exact) mass is 387 g/mol. The van der Waals surface area contributed by atoms with Gasteiger partial charge in [0.1, 0.15) is 11.8 Å². The van der Waals surface area contributed by atoms with E-state index in [9.17, 15) is 9.59 Å². The van der Waals surface area contributed by atoms with Crippen LogP contribution in [0, 0.1) is 0 Å². The molecule has 0 radical (unpaired) electrons. The first-order valence-electron chi connectivity index (χ1n) is 9.13. The molecule has 1 unspecified atom stereocenters. The molecule has 0 fully saturated rings. The fourth-order valence-electron chi connectivity index (χ4n) is 3.32. The van der Waals surface area contributed by atoms with E-state index in [0.717, 1.165) is 24.4 Å². The number of fused-ring (bicyclic) bond motifs is 1. The number of methoxy groups -OCH3 is 2. The van der Waals surface area contributed by atoms with Gasteiger partial charge in [0.2, 0.25) is 0 Å². The topological polar surface area (TPSA) is 93.0 Å². The van der Waals surface area contributed by atoms with E-state index in [1.54, 1.807) is 6.26 Å². The van der Waals surface area contributed by atoms with Gasteiger partial charge in [-0.05, 0) is 30.2 Å². The Labute approximate surface area is 163 Å². The number of benzene rings is 1. The van der Waals surface area contributed by atoms with Crippen molar-refractivity contribution in [2.45, 2.75) is 18.8 Å². The Morgan fingerprint density at radius 1 is 1.07 bits per heavy atom. The standard InChI is InChI=1S/C20H25N3O5/c1-26-18(27-2)13-22-20(25)19(24)21-12-16(17-8-5-11-28-17)23-10-9-14-6-3-4-7-15(14)23/h3-8,11,16,18H,9-10,12-13H2,1-2H3,(H,21,24)(H,22,25). The van der Waals surface area contributed by atoms with E-state index in [1.165, 1.54) is 19.8 Å². The van der Waals surface area contributed by atoms with Gasteiger partial charge in [-0.15, -0.1) is 0 Å². The predicted octanol–water partition coefficient (Wildman–Crippen LogP) is 1.23. The molecule has 1 aromatic carbocycles. The van der Waals surface area contributed by atoms with E-state index in [0.29, 0.717) is 0 Å². The third kappa shape index (κ3) is 4.52. The van der Waals surface area contributed by atoms with E-state index in [1.807, 2.05) is 24.3 Å². The van der Waals surface area contributed by atoms with Gasteiger partial charge in [-0.3, -0.25) is 9.59 Å². The average Bonchev–Trinajstić information content (AvgIpc) is 3.39. The van der Waals surface area contributed by atoms with Crippen molar-refractivity contribution in [3.8, 4) is 0 Å². The number of carbonyl (C=O) groups is 2. The van der Waals surface area contributed by atoms with Crippen LogP contribution in [0.25, 0.3) is 0 Å². The number of nitrogens with zero attached hydrogens (tertiary/aromatic N) is 1. The lowest BCUT2D eigenvalue weighted by molar-refractivity contribution is -0.141. The molecule has 8 nitrogen and oxygen atoms in total. The van der Waals surface area contributed by atoms with Crippen LogP contribution in [0.2, 0.25) is 0 Å². The zero-order valence-electron chi connectivity index (χ0n) is 16.0. The summed E-state index contributed by atoms with van der Waals surface area (Å²) in [6.45, 7) is 1.14. The average molecular weight is 387 g/mol. The van der Waals surface area contributed by atoms with Gasteiger partial charge in [-0.2, -0.15) is 0 Å². The summed E-state index contributed by atoms with van der Waals surface area (Å²) in [6, 6.07) is 11.6. The van der Waals surface area contributed by atoms with Crippen molar-refractivity contribution in [1.29, 1.82) is 0 Å². The van der Waals surface area contributed by atoms with Crippen LogP contribution in [0.3, 0.4) is 0 Å². The maximum absolute atomic E-state index is 12.2. The summed E-state index contributed by atoms with van der Waals surface area (Å²) < 4.78 is 15.6. The molecule has 0 bridgehead atoms. The number of rotatable bonds is 8. The summed E-state index contributed by atoms with van der Waals surface area (Å²) in [6.07, 6.45) is 1.93. The summed E-state index contributed by atoms with van der Waals surface area (Å²) in [5.41, 5.74) is 2.37. The van der Waals surface area contributed by atoms with Crippen LogP contribution in [0.5, 0.6) is 0 Å². The smallest absolute Gasteiger partial charge is 0.309 e. The van der Waals surface area contributed by atoms with Gasteiger partial charge in [0, 0.05) is 33.0 Å². The number of nitrogens with one attached hydrogen (secondary N) is 2. The molecule has 2 heterocycles. The summed E-state index contributed by atoms with van der Waals surface area (Å²) in [5.74, 6) is -0.717. The number of para-hydroxylation sites is 1. The van der Waals surface area contributed by atoms with Crippen molar-refractivity contribution < 1.29 is 23.5 Å². The first-order chi connectivity index (χ1) is 13.6.